The number of hydrogen-bond donors (Lipinski definition) is 1. The maximum Gasteiger partial charge on any atom is 0.216 e. The second-order valence-electron chi connectivity index (χ2n) is 3.99. The van der Waals surface area contributed by atoms with E-state index in [0.717, 1.165) is 6.54 Å². The molecule has 1 fully saturated rings. The molecule has 7 heteroatoms. The van der Waals surface area contributed by atoms with Crippen LogP contribution in [-0.4, -0.2) is 71.1 Å². The second-order valence-corrected chi connectivity index (χ2v) is 6.19. The minimum atomic E-state index is -3.23. The maximum atomic E-state index is 11.8. The van der Waals surface area contributed by atoms with Gasteiger partial charge in [-0.15, -0.1) is 0 Å². The highest BCUT2D eigenvalue weighted by atomic mass is 32.2. The van der Waals surface area contributed by atoms with Crippen LogP contribution in [0.5, 0.6) is 0 Å². The lowest BCUT2D eigenvalue weighted by Crippen LogP contribution is -2.46. The molecule has 1 heterocycles. The summed E-state index contributed by atoms with van der Waals surface area (Å²) in [4.78, 5) is 0. The zero-order chi connectivity index (χ0) is 12.7. The summed E-state index contributed by atoms with van der Waals surface area (Å²) in [7, 11) is -1.65. The zero-order valence-corrected chi connectivity index (χ0v) is 11.3. The number of nitrogens with one attached hydrogen (secondary N) is 1. The second kappa shape index (κ2) is 7.27. The number of ether oxygens (including phenoxy) is 2. The third kappa shape index (κ3) is 5.31. The summed E-state index contributed by atoms with van der Waals surface area (Å²) < 4.78 is 35.6. The van der Waals surface area contributed by atoms with Crippen LogP contribution in [0.3, 0.4) is 0 Å². The third-order valence-electron chi connectivity index (χ3n) is 2.63. The van der Waals surface area contributed by atoms with Crippen LogP contribution in [0.25, 0.3) is 0 Å². The topological polar surface area (TPSA) is 67.9 Å². The van der Waals surface area contributed by atoms with Gasteiger partial charge in [-0.05, 0) is 6.92 Å². The van der Waals surface area contributed by atoms with Gasteiger partial charge in [-0.2, -0.15) is 0 Å². The third-order valence-corrected chi connectivity index (χ3v) is 4.41. The highest BCUT2D eigenvalue weighted by molar-refractivity contribution is 7.89. The van der Waals surface area contributed by atoms with Gasteiger partial charge in [0.25, 0.3) is 0 Å². The van der Waals surface area contributed by atoms with Crippen molar-refractivity contribution in [1.82, 2.24) is 9.62 Å². The predicted octanol–water partition coefficient (Wildman–Crippen LogP) is -0.727. The average Bonchev–Trinajstić information content (AvgIpc) is 2.30. The Morgan fingerprint density at radius 1 is 1.53 bits per heavy atom. The Balaban J connectivity index is 2.36. The van der Waals surface area contributed by atoms with Crippen molar-refractivity contribution in [3.63, 3.8) is 0 Å². The molecule has 0 aromatic rings. The molecule has 17 heavy (non-hydrogen) atoms. The summed E-state index contributed by atoms with van der Waals surface area (Å²) in [6.07, 6.45) is -0.0596. The smallest absolute Gasteiger partial charge is 0.216 e. The van der Waals surface area contributed by atoms with Crippen LogP contribution >= 0.6 is 0 Å². The van der Waals surface area contributed by atoms with Gasteiger partial charge in [0.15, 0.2) is 0 Å². The molecule has 1 atom stereocenters. The van der Waals surface area contributed by atoms with Crippen molar-refractivity contribution in [3.8, 4) is 0 Å². The molecular weight excluding hydrogens is 244 g/mol. The molecule has 0 spiro atoms. The van der Waals surface area contributed by atoms with Gasteiger partial charge in [-0.1, -0.05) is 0 Å². The highest BCUT2D eigenvalue weighted by Crippen LogP contribution is 2.04. The fourth-order valence-electron chi connectivity index (χ4n) is 1.60. The first-order valence-electron chi connectivity index (χ1n) is 5.90. The lowest BCUT2D eigenvalue weighted by molar-refractivity contribution is 0.0205. The summed E-state index contributed by atoms with van der Waals surface area (Å²) in [5.74, 6) is 0.0253. The Morgan fingerprint density at radius 3 is 2.88 bits per heavy atom. The van der Waals surface area contributed by atoms with Gasteiger partial charge in [0.05, 0.1) is 25.1 Å². The van der Waals surface area contributed by atoms with E-state index in [-0.39, 0.29) is 18.5 Å². The minimum absolute atomic E-state index is 0.0253. The molecular formula is C10H22N2O4S. The van der Waals surface area contributed by atoms with E-state index in [1.165, 1.54) is 4.31 Å². The van der Waals surface area contributed by atoms with Crippen molar-refractivity contribution < 1.29 is 17.9 Å². The molecule has 0 bridgehead atoms. The van der Waals surface area contributed by atoms with Gasteiger partial charge in [0.2, 0.25) is 10.0 Å². The Kier molecular flexibility index (Phi) is 6.35. The summed E-state index contributed by atoms with van der Waals surface area (Å²) in [5.41, 5.74) is 0. The van der Waals surface area contributed by atoms with Crippen molar-refractivity contribution in [2.75, 3.05) is 52.3 Å². The lowest BCUT2D eigenvalue weighted by atomic mass is 10.3. The van der Waals surface area contributed by atoms with E-state index < -0.39 is 10.0 Å². The van der Waals surface area contributed by atoms with Gasteiger partial charge in [0, 0.05) is 33.3 Å². The quantitative estimate of drug-likeness (QED) is 0.616. The first-order valence-corrected chi connectivity index (χ1v) is 7.51. The fraction of sp³-hybridized carbons (Fsp3) is 1.00. The molecule has 0 aliphatic carbocycles. The molecule has 1 N–H and O–H groups in total. The molecule has 1 saturated heterocycles. The summed E-state index contributed by atoms with van der Waals surface area (Å²) in [6.45, 7) is 5.18. The largest absolute Gasteiger partial charge is 0.381 e. The van der Waals surface area contributed by atoms with Crippen molar-refractivity contribution >= 4 is 10.0 Å². The Bertz CT molecular complexity index is 301. The van der Waals surface area contributed by atoms with Gasteiger partial charge < -0.3 is 14.8 Å². The van der Waals surface area contributed by atoms with E-state index in [1.54, 1.807) is 7.05 Å². The van der Waals surface area contributed by atoms with Crippen LogP contribution < -0.4 is 5.32 Å². The van der Waals surface area contributed by atoms with Crippen molar-refractivity contribution in [3.05, 3.63) is 0 Å². The first-order chi connectivity index (χ1) is 8.06. The number of nitrogens with zero attached hydrogens (tertiary/aromatic N) is 1. The summed E-state index contributed by atoms with van der Waals surface area (Å²) in [5, 5.41) is 3.17. The number of sulfonamides is 1. The Morgan fingerprint density at radius 2 is 2.29 bits per heavy atom. The molecule has 6 nitrogen and oxygen atoms in total. The van der Waals surface area contributed by atoms with Crippen molar-refractivity contribution in [1.29, 1.82) is 0 Å². The number of likely N-dealkylation sites (N-methyl/N-ethyl adjacent to an activating group) is 1. The number of morpholine rings is 1. The van der Waals surface area contributed by atoms with Crippen LogP contribution in [0.2, 0.25) is 0 Å². The summed E-state index contributed by atoms with van der Waals surface area (Å²) in [6, 6.07) is 0. The van der Waals surface area contributed by atoms with E-state index in [0.29, 0.717) is 26.3 Å². The van der Waals surface area contributed by atoms with E-state index in [2.05, 4.69) is 5.32 Å². The molecule has 0 aromatic heterocycles. The Labute approximate surface area is 103 Å². The SMILES string of the molecule is CCOCCS(=O)(=O)N(C)CC1CNCCO1. The molecule has 0 aromatic carbocycles. The predicted molar refractivity (Wildman–Crippen MR) is 65.5 cm³/mol. The van der Waals surface area contributed by atoms with E-state index in [4.69, 9.17) is 9.47 Å². The molecule has 0 amide bonds. The summed E-state index contributed by atoms with van der Waals surface area (Å²) >= 11 is 0. The number of rotatable bonds is 7. The van der Waals surface area contributed by atoms with Gasteiger partial charge in [-0.3, -0.25) is 0 Å². The fourth-order valence-corrected chi connectivity index (χ4v) is 2.64. The zero-order valence-electron chi connectivity index (χ0n) is 10.5. The molecule has 1 aliphatic heterocycles. The number of hydrogen-bond acceptors (Lipinski definition) is 5. The molecule has 1 aliphatic rings. The molecule has 1 unspecified atom stereocenters. The van der Waals surface area contributed by atoms with Crippen molar-refractivity contribution in [2.24, 2.45) is 0 Å². The van der Waals surface area contributed by atoms with Crippen LogP contribution in [-0.2, 0) is 19.5 Å². The van der Waals surface area contributed by atoms with Crippen LogP contribution in [0.1, 0.15) is 6.92 Å². The van der Waals surface area contributed by atoms with Crippen molar-refractivity contribution in [2.45, 2.75) is 13.0 Å². The monoisotopic (exact) mass is 266 g/mol. The Hall–Kier alpha value is -0.210. The molecule has 102 valence electrons. The van der Waals surface area contributed by atoms with Crippen LogP contribution in [0.4, 0.5) is 0 Å². The van der Waals surface area contributed by atoms with Crippen LogP contribution in [0, 0.1) is 0 Å². The highest BCUT2D eigenvalue weighted by Gasteiger charge is 2.23. The van der Waals surface area contributed by atoms with Gasteiger partial charge in [-0.25, -0.2) is 12.7 Å². The first kappa shape index (κ1) is 14.8. The minimum Gasteiger partial charge on any atom is -0.381 e. The van der Waals surface area contributed by atoms with Gasteiger partial charge in [0.1, 0.15) is 0 Å². The van der Waals surface area contributed by atoms with E-state index >= 15 is 0 Å². The molecule has 0 radical (unpaired) electrons. The molecule has 1 rings (SSSR count). The molecule has 0 saturated carbocycles. The van der Waals surface area contributed by atoms with E-state index in [9.17, 15) is 8.42 Å². The standard InChI is InChI=1S/C10H22N2O4S/c1-3-15-6-7-17(13,14)12(2)9-10-8-11-4-5-16-10/h10-11H,3-9H2,1-2H3. The van der Waals surface area contributed by atoms with Gasteiger partial charge >= 0.3 is 0 Å². The van der Waals surface area contributed by atoms with E-state index in [1.807, 2.05) is 6.92 Å². The van der Waals surface area contributed by atoms with Crippen LogP contribution in [0.15, 0.2) is 0 Å². The normalized spacial score (nSPS) is 21.9. The lowest BCUT2D eigenvalue weighted by Gasteiger charge is -2.27. The average molecular weight is 266 g/mol. The maximum absolute atomic E-state index is 11.8.